The van der Waals surface area contributed by atoms with Gasteiger partial charge in [0.25, 0.3) is 0 Å². The molecule has 19 heavy (non-hydrogen) atoms. The van der Waals surface area contributed by atoms with Crippen molar-refractivity contribution >= 4 is 11.6 Å². The van der Waals surface area contributed by atoms with Crippen LogP contribution < -0.4 is 10.1 Å². The van der Waals surface area contributed by atoms with Crippen LogP contribution in [0.5, 0.6) is 5.75 Å². The van der Waals surface area contributed by atoms with Gasteiger partial charge in [0.15, 0.2) is 5.82 Å². The zero-order valence-electron chi connectivity index (χ0n) is 10.9. The maximum absolute atomic E-state index is 6.10. The molecule has 0 fully saturated rings. The second kappa shape index (κ2) is 6.49. The highest BCUT2D eigenvalue weighted by Crippen LogP contribution is 2.26. The standard InChI is InChI=1S/C12H16ClN5O/c1-3-6-14-8-12-15-16-17-18(12)9-4-5-11(19-2)10(13)7-9/h4-5,7,14H,3,6,8H2,1-2H3. The Morgan fingerprint density at radius 2 is 2.26 bits per heavy atom. The average molecular weight is 282 g/mol. The number of tetrazole rings is 1. The molecule has 0 saturated carbocycles. The summed E-state index contributed by atoms with van der Waals surface area (Å²) in [7, 11) is 1.58. The minimum Gasteiger partial charge on any atom is -0.495 e. The Morgan fingerprint density at radius 3 is 2.95 bits per heavy atom. The Hall–Kier alpha value is -1.66. The lowest BCUT2D eigenvalue weighted by atomic mass is 10.3. The first-order chi connectivity index (χ1) is 9.26. The van der Waals surface area contributed by atoms with Gasteiger partial charge in [0.1, 0.15) is 5.75 Å². The second-order valence-corrected chi connectivity index (χ2v) is 4.41. The van der Waals surface area contributed by atoms with Gasteiger partial charge in [0.2, 0.25) is 0 Å². The molecular formula is C12H16ClN5O. The normalized spacial score (nSPS) is 10.7. The number of nitrogens with zero attached hydrogens (tertiary/aromatic N) is 4. The van der Waals surface area contributed by atoms with E-state index in [1.54, 1.807) is 23.9 Å². The van der Waals surface area contributed by atoms with E-state index in [2.05, 4.69) is 27.8 Å². The van der Waals surface area contributed by atoms with Crippen LogP contribution in [0.15, 0.2) is 18.2 Å². The van der Waals surface area contributed by atoms with Gasteiger partial charge in [-0.05, 0) is 41.6 Å². The first kappa shape index (κ1) is 13.8. The highest BCUT2D eigenvalue weighted by atomic mass is 35.5. The molecule has 2 aromatic rings. The summed E-state index contributed by atoms with van der Waals surface area (Å²) in [5.41, 5.74) is 0.809. The van der Waals surface area contributed by atoms with E-state index in [0.29, 0.717) is 17.3 Å². The van der Waals surface area contributed by atoms with Crippen LogP contribution in [0.1, 0.15) is 19.2 Å². The Bertz CT molecular complexity index is 543. The number of aromatic nitrogens is 4. The third-order valence-electron chi connectivity index (χ3n) is 2.62. The summed E-state index contributed by atoms with van der Waals surface area (Å²) in [6, 6.07) is 5.44. The zero-order chi connectivity index (χ0) is 13.7. The Labute approximate surface area is 116 Å². The van der Waals surface area contributed by atoms with Crippen LogP contribution >= 0.6 is 11.6 Å². The SMILES string of the molecule is CCCNCc1nnnn1-c1ccc(OC)c(Cl)c1. The Morgan fingerprint density at radius 1 is 1.42 bits per heavy atom. The molecule has 6 nitrogen and oxygen atoms in total. The summed E-state index contributed by atoms with van der Waals surface area (Å²) in [5, 5.41) is 15.5. The molecule has 7 heteroatoms. The van der Waals surface area contributed by atoms with Crippen LogP contribution in [0, 0.1) is 0 Å². The van der Waals surface area contributed by atoms with Crippen LogP contribution in [0.25, 0.3) is 5.69 Å². The lowest BCUT2D eigenvalue weighted by Gasteiger charge is -2.08. The van der Waals surface area contributed by atoms with Gasteiger partial charge < -0.3 is 10.1 Å². The topological polar surface area (TPSA) is 64.9 Å². The Kier molecular flexibility index (Phi) is 4.70. The molecule has 0 saturated heterocycles. The summed E-state index contributed by atoms with van der Waals surface area (Å²) in [6.07, 6.45) is 1.07. The molecule has 102 valence electrons. The molecule has 1 heterocycles. The summed E-state index contributed by atoms with van der Waals surface area (Å²) in [4.78, 5) is 0. The van der Waals surface area contributed by atoms with Gasteiger partial charge in [-0.3, -0.25) is 0 Å². The smallest absolute Gasteiger partial charge is 0.170 e. The van der Waals surface area contributed by atoms with Crippen molar-refractivity contribution in [1.82, 2.24) is 25.5 Å². The maximum atomic E-state index is 6.10. The lowest BCUT2D eigenvalue weighted by molar-refractivity contribution is 0.415. The van der Waals surface area contributed by atoms with Gasteiger partial charge in [0, 0.05) is 0 Å². The highest BCUT2D eigenvalue weighted by molar-refractivity contribution is 6.32. The number of halogens is 1. The molecular weight excluding hydrogens is 266 g/mol. The fraction of sp³-hybridized carbons (Fsp3) is 0.417. The van der Waals surface area contributed by atoms with Gasteiger partial charge >= 0.3 is 0 Å². The maximum Gasteiger partial charge on any atom is 0.170 e. The van der Waals surface area contributed by atoms with Crippen LogP contribution in [-0.4, -0.2) is 33.9 Å². The molecule has 0 aliphatic rings. The van der Waals surface area contributed by atoms with Crippen molar-refractivity contribution in [2.24, 2.45) is 0 Å². The van der Waals surface area contributed by atoms with Crippen LogP contribution in [0.2, 0.25) is 5.02 Å². The van der Waals surface area contributed by atoms with Gasteiger partial charge in [0.05, 0.1) is 24.4 Å². The number of methoxy groups -OCH3 is 1. The van der Waals surface area contributed by atoms with Crippen molar-refractivity contribution < 1.29 is 4.74 Å². The first-order valence-corrected chi connectivity index (χ1v) is 6.46. The molecule has 0 bridgehead atoms. The van der Waals surface area contributed by atoms with Crippen molar-refractivity contribution in [3.8, 4) is 11.4 Å². The van der Waals surface area contributed by atoms with E-state index in [1.807, 2.05) is 6.07 Å². The molecule has 1 N–H and O–H groups in total. The second-order valence-electron chi connectivity index (χ2n) is 4.00. The molecule has 1 aromatic heterocycles. The van der Waals surface area contributed by atoms with Gasteiger partial charge in [-0.2, -0.15) is 4.68 Å². The lowest BCUT2D eigenvalue weighted by Crippen LogP contribution is -2.17. The monoisotopic (exact) mass is 281 g/mol. The summed E-state index contributed by atoms with van der Waals surface area (Å²) in [5.74, 6) is 1.37. The van der Waals surface area contributed by atoms with Crippen LogP contribution in [-0.2, 0) is 6.54 Å². The van der Waals surface area contributed by atoms with Crippen molar-refractivity contribution in [3.63, 3.8) is 0 Å². The fourth-order valence-corrected chi connectivity index (χ4v) is 1.93. The van der Waals surface area contributed by atoms with E-state index in [1.165, 1.54) is 0 Å². The Balaban J connectivity index is 2.22. The molecule has 0 unspecified atom stereocenters. The number of hydrogen-bond donors (Lipinski definition) is 1. The number of hydrogen-bond acceptors (Lipinski definition) is 5. The van der Waals surface area contributed by atoms with E-state index in [9.17, 15) is 0 Å². The van der Waals surface area contributed by atoms with E-state index in [4.69, 9.17) is 16.3 Å². The summed E-state index contributed by atoms with van der Waals surface area (Å²) < 4.78 is 6.78. The predicted octanol–water partition coefficient (Wildman–Crippen LogP) is 1.82. The molecule has 0 atom stereocenters. The third-order valence-corrected chi connectivity index (χ3v) is 2.92. The van der Waals surface area contributed by atoms with E-state index in [0.717, 1.165) is 24.5 Å². The molecule has 0 aliphatic carbocycles. The molecule has 2 rings (SSSR count). The van der Waals surface area contributed by atoms with Crippen molar-refractivity contribution in [2.75, 3.05) is 13.7 Å². The van der Waals surface area contributed by atoms with Gasteiger partial charge in [-0.15, -0.1) is 5.10 Å². The predicted molar refractivity (Wildman–Crippen MR) is 72.7 cm³/mol. The van der Waals surface area contributed by atoms with Crippen molar-refractivity contribution in [1.29, 1.82) is 0 Å². The van der Waals surface area contributed by atoms with Crippen LogP contribution in [0.4, 0.5) is 0 Å². The van der Waals surface area contributed by atoms with E-state index in [-0.39, 0.29) is 0 Å². The number of ether oxygens (including phenoxy) is 1. The molecule has 1 aromatic carbocycles. The van der Waals surface area contributed by atoms with Crippen molar-refractivity contribution in [2.45, 2.75) is 19.9 Å². The number of rotatable bonds is 6. The minimum atomic E-state index is 0.531. The van der Waals surface area contributed by atoms with E-state index < -0.39 is 0 Å². The first-order valence-electron chi connectivity index (χ1n) is 6.08. The summed E-state index contributed by atoms with van der Waals surface area (Å²) in [6.45, 7) is 3.65. The molecule has 0 aliphatic heterocycles. The number of benzene rings is 1. The summed E-state index contributed by atoms with van der Waals surface area (Å²) >= 11 is 6.10. The number of nitrogens with one attached hydrogen (secondary N) is 1. The van der Waals surface area contributed by atoms with E-state index >= 15 is 0 Å². The highest BCUT2D eigenvalue weighted by Gasteiger charge is 2.10. The largest absolute Gasteiger partial charge is 0.495 e. The van der Waals surface area contributed by atoms with Crippen molar-refractivity contribution in [3.05, 3.63) is 29.0 Å². The molecule has 0 amide bonds. The van der Waals surface area contributed by atoms with Gasteiger partial charge in [-0.1, -0.05) is 18.5 Å². The minimum absolute atomic E-state index is 0.531. The third kappa shape index (κ3) is 3.21. The quantitative estimate of drug-likeness (QED) is 0.818. The van der Waals surface area contributed by atoms with Crippen LogP contribution in [0.3, 0.4) is 0 Å². The van der Waals surface area contributed by atoms with Gasteiger partial charge in [-0.25, -0.2) is 0 Å². The zero-order valence-corrected chi connectivity index (χ0v) is 11.7. The average Bonchev–Trinajstić information content (AvgIpc) is 2.87. The molecule has 0 spiro atoms. The molecule has 0 radical (unpaired) electrons. The fourth-order valence-electron chi connectivity index (χ4n) is 1.68.